The van der Waals surface area contributed by atoms with Crippen LogP contribution in [0.15, 0.2) is 24.3 Å². The van der Waals surface area contributed by atoms with Gasteiger partial charge in [0.25, 0.3) is 0 Å². The Morgan fingerprint density at radius 1 is 1.19 bits per heavy atom. The summed E-state index contributed by atoms with van der Waals surface area (Å²) in [5, 5.41) is 5.59. The molecule has 0 heterocycles. The minimum atomic E-state index is -0.105. The quantitative estimate of drug-likeness (QED) is 0.677. The van der Waals surface area contributed by atoms with Crippen molar-refractivity contribution in [2.75, 3.05) is 29.9 Å². The normalized spacial score (nSPS) is 11.8. The van der Waals surface area contributed by atoms with Crippen LogP contribution in [0.25, 0.3) is 0 Å². The van der Waals surface area contributed by atoms with Crippen LogP contribution < -0.4 is 16.4 Å². The van der Waals surface area contributed by atoms with Crippen molar-refractivity contribution in [2.45, 2.75) is 13.8 Å². The topological polar surface area (TPSA) is 84.2 Å². The minimum Gasteiger partial charge on any atom is -0.355 e. The van der Waals surface area contributed by atoms with Gasteiger partial charge in [-0.25, -0.2) is 0 Å². The Morgan fingerprint density at radius 3 is 2.43 bits per heavy atom. The fourth-order valence-corrected chi connectivity index (χ4v) is 2.14. The number of hydrogen-bond acceptors (Lipinski definition) is 4. The highest BCUT2D eigenvalue weighted by Crippen LogP contribution is 2.09. The van der Waals surface area contributed by atoms with Gasteiger partial charge in [-0.3, -0.25) is 9.59 Å². The molecule has 0 fully saturated rings. The SMILES string of the molecule is Cc1ccc(NC(=O)CSCC(=O)NCC(C)CN)cc1. The van der Waals surface area contributed by atoms with Gasteiger partial charge < -0.3 is 16.4 Å². The van der Waals surface area contributed by atoms with E-state index >= 15 is 0 Å². The Balaban J connectivity index is 2.18. The molecule has 1 unspecified atom stereocenters. The van der Waals surface area contributed by atoms with Gasteiger partial charge in [-0.1, -0.05) is 24.6 Å². The highest BCUT2D eigenvalue weighted by atomic mass is 32.2. The van der Waals surface area contributed by atoms with Gasteiger partial charge in [-0.05, 0) is 31.5 Å². The Kier molecular flexibility index (Phi) is 7.85. The third-order valence-electron chi connectivity index (χ3n) is 2.85. The second-order valence-electron chi connectivity index (χ2n) is 5.05. The molecule has 0 spiro atoms. The van der Waals surface area contributed by atoms with E-state index in [1.165, 1.54) is 11.8 Å². The molecule has 0 aromatic heterocycles. The third kappa shape index (κ3) is 7.72. The second kappa shape index (κ2) is 9.41. The maximum absolute atomic E-state index is 11.7. The minimum absolute atomic E-state index is 0.0663. The highest BCUT2D eigenvalue weighted by Gasteiger charge is 2.07. The predicted molar refractivity (Wildman–Crippen MR) is 88.4 cm³/mol. The van der Waals surface area contributed by atoms with E-state index in [0.717, 1.165) is 11.3 Å². The fourth-order valence-electron chi connectivity index (χ4n) is 1.49. The van der Waals surface area contributed by atoms with E-state index in [9.17, 15) is 9.59 Å². The van der Waals surface area contributed by atoms with E-state index in [0.29, 0.717) is 13.1 Å². The van der Waals surface area contributed by atoms with E-state index in [1.54, 1.807) is 0 Å². The number of hydrogen-bond donors (Lipinski definition) is 3. The zero-order valence-corrected chi connectivity index (χ0v) is 13.3. The molecule has 5 nitrogen and oxygen atoms in total. The van der Waals surface area contributed by atoms with Gasteiger partial charge in [0.05, 0.1) is 11.5 Å². The highest BCUT2D eigenvalue weighted by molar-refractivity contribution is 8.00. The molecule has 0 aliphatic carbocycles. The van der Waals surface area contributed by atoms with Crippen LogP contribution in [-0.2, 0) is 9.59 Å². The second-order valence-corrected chi connectivity index (χ2v) is 6.04. The summed E-state index contributed by atoms with van der Waals surface area (Å²) in [6.45, 7) is 5.09. The lowest BCUT2D eigenvalue weighted by Crippen LogP contribution is -2.32. The number of carbonyl (C=O) groups excluding carboxylic acids is 2. The van der Waals surface area contributed by atoms with Gasteiger partial charge in [0.2, 0.25) is 11.8 Å². The Morgan fingerprint density at radius 2 is 1.81 bits per heavy atom. The molecule has 6 heteroatoms. The summed E-state index contributed by atoms with van der Waals surface area (Å²) in [5.41, 5.74) is 7.39. The Labute approximate surface area is 130 Å². The van der Waals surface area contributed by atoms with Gasteiger partial charge in [0, 0.05) is 12.2 Å². The number of carbonyl (C=O) groups is 2. The summed E-state index contributed by atoms with van der Waals surface area (Å²) in [4.78, 5) is 23.2. The van der Waals surface area contributed by atoms with Gasteiger partial charge in [0.1, 0.15) is 0 Å². The summed E-state index contributed by atoms with van der Waals surface area (Å²) in [5.74, 6) is 0.631. The van der Waals surface area contributed by atoms with Gasteiger partial charge >= 0.3 is 0 Å². The van der Waals surface area contributed by atoms with E-state index in [-0.39, 0.29) is 29.2 Å². The molecular weight excluding hydrogens is 286 g/mol. The average molecular weight is 309 g/mol. The molecular formula is C15H23N3O2S. The number of amides is 2. The standard InChI is InChI=1S/C15H23N3O2S/c1-11-3-5-13(6-4-11)18-15(20)10-21-9-14(19)17-8-12(2)7-16/h3-6,12H,7-10,16H2,1-2H3,(H,17,19)(H,18,20). The number of benzene rings is 1. The monoisotopic (exact) mass is 309 g/mol. The van der Waals surface area contributed by atoms with E-state index in [1.807, 2.05) is 38.1 Å². The van der Waals surface area contributed by atoms with Gasteiger partial charge in [0.15, 0.2) is 0 Å². The molecule has 4 N–H and O–H groups in total. The van der Waals surface area contributed by atoms with Crippen molar-refractivity contribution in [3.05, 3.63) is 29.8 Å². The van der Waals surface area contributed by atoms with Crippen molar-refractivity contribution in [1.82, 2.24) is 5.32 Å². The summed E-state index contributed by atoms with van der Waals surface area (Å²) in [6, 6.07) is 7.60. The van der Waals surface area contributed by atoms with E-state index in [4.69, 9.17) is 5.73 Å². The first-order valence-corrected chi connectivity index (χ1v) is 8.07. The number of aryl methyl sites for hydroxylation is 1. The summed E-state index contributed by atoms with van der Waals surface area (Å²) in [7, 11) is 0. The van der Waals surface area contributed by atoms with Crippen molar-refractivity contribution >= 4 is 29.3 Å². The fraction of sp³-hybridized carbons (Fsp3) is 0.467. The number of rotatable bonds is 8. The molecule has 1 aromatic carbocycles. The predicted octanol–water partition coefficient (Wildman–Crippen LogP) is 1.38. The lowest BCUT2D eigenvalue weighted by atomic mass is 10.2. The van der Waals surface area contributed by atoms with Crippen LogP contribution in [-0.4, -0.2) is 36.4 Å². The molecule has 1 aromatic rings. The lowest BCUT2D eigenvalue weighted by Gasteiger charge is -2.10. The van der Waals surface area contributed by atoms with Gasteiger partial charge in [-0.15, -0.1) is 11.8 Å². The Hall–Kier alpha value is -1.53. The van der Waals surface area contributed by atoms with E-state index in [2.05, 4.69) is 10.6 Å². The molecule has 1 rings (SSSR count). The number of anilines is 1. The van der Waals surface area contributed by atoms with E-state index < -0.39 is 0 Å². The maximum atomic E-state index is 11.7. The zero-order chi connectivity index (χ0) is 15.7. The van der Waals surface area contributed by atoms with Crippen molar-refractivity contribution in [3.8, 4) is 0 Å². The molecule has 1 atom stereocenters. The number of thioether (sulfide) groups is 1. The van der Waals surface area contributed by atoms with Crippen LogP contribution in [0.3, 0.4) is 0 Å². The molecule has 0 saturated carbocycles. The Bertz CT molecular complexity index is 462. The molecule has 0 saturated heterocycles. The third-order valence-corrected chi connectivity index (χ3v) is 3.78. The van der Waals surface area contributed by atoms with Crippen LogP contribution in [0.1, 0.15) is 12.5 Å². The summed E-state index contributed by atoms with van der Waals surface area (Å²) >= 11 is 1.30. The van der Waals surface area contributed by atoms with Crippen LogP contribution in [0.4, 0.5) is 5.69 Å². The van der Waals surface area contributed by atoms with Crippen LogP contribution >= 0.6 is 11.8 Å². The lowest BCUT2D eigenvalue weighted by molar-refractivity contribution is -0.118. The first-order valence-electron chi connectivity index (χ1n) is 6.92. The largest absolute Gasteiger partial charge is 0.355 e. The van der Waals surface area contributed by atoms with Crippen LogP contribution in [0.5, 0.6) is 0 Å². The van der Waals surface area contributed by atoms with Crippen molar-refractivity contribution < 1.29 is 9.59 Å². The van der Waals surface area contributed by atoms with Crippen molar-refractivity contribution in [1.29, 1.82) is 0 Å². The zero-order valence-electron chi connectivity index (χ0n) is 12.5. The van der Waals surface area contributed by atoms with Crippen molar-refractivity contribution in [3.63, 3.8) is 0 Å². The molecule has 116 valence electrons. The van der Waals surface area contributed by atoms with Crippen LogP contribution in [0, 0.1) is 12.8 Å². The molecule has 0 aliphatic rings. The number of nitrogens with one attached hydrogen (secondary N) is 2. The number of nitrogens with two attached hydrogens (primary N) is 1. The molecule has 0 radical (unpaired) electrons. The molecule has 0 aliphatic heterocycles. The average Bonchev–Trinajstić information content (AvgIpc) is 2.47. The van der Waals surface area contributed by atoms with Gasteiger partial charge in [-0.2, -0.15) is 0 Å². The first kappa shape index (κ1) is 17.5. The van der Waals surface area contributed by atoms with Crippen molar-refractivity contribution in [2.24, 2.45) is 11.7 Å². The first-order chi connectivity index (χ1) is 10.0. The smallest absolute Gasteiger partial charge is 0.234 e. The maximum Gasteiger partial charge on any atom is 0.234 e. The summed E-state index contributed by atoms with van der Waals surface area (Å²) in [6.07, 6.45) is 0. The molecule has 0 bridgehead atoms. The van der Waals surface area contributed by atoms with Crippen LogP contribution in [0.2, 0.25) is 0 Å². The molecule has 21 heavy (non-hydrogen) atoms. The summed E-state index contributed by atoms with van der Waals surface area (Å²) < 4.78 is 0. The molecule has 2 amide bonds.